The minimum Gasteiger partial charge on any atom is -0.339 e. The van der Waals surface area contributed by atoms with Crippen molar-refractivity contribution >= 4 is 23.2 Å². The van der Waals surface area contributed by atoms with Gasteiger partial charge < -0.3 is 9.84 Å². The first-order valence-electron chi connectivity index (χ1n) is 6.92. The Morgan fingerprint density at radius 2 is 2.05 bits per heavy atom. The van der Waals surface area contributed by atoms with Crippen LogP contribution in [0.15, 0.2) is 22.7 Å². The van der Waals surface area contributed by atoms with Gasteiger partial charge in [-0.1, -0.05) is 48.3 Å². The molecule has 114 valence electrons. The molecule has 1 aromatic carbocycles. The molecule has 2 aromatic rings. The average Bonchev–Trinajstić information content (AvgIpc) is 2.86. The molecule has 0 amide bonds. The second-order valence-electron chi connectivity index (χ2n) is 5.36. The first kappa shape index (κ1) is 16.3. The van der Waals surface area contributed by atoms with Crippen LogP contribution in [0.5, 0.6) is 0 Å². The third-order valence-corrected chi connectivity index (χ3v) is 4.03. The summed E-state index contributed by atoms with van der Waals surface area (Å²) < 4.78 is 5.31. The fourth-order valence-corrected chi connectivity index (χ4v) is 2.61. The number of rotatable bonds is 6. The van der Waals surface area contributed by atoms with Crippen molar-refractivity contribution in [3.8, 4) is 0 Å². The molecule has 0 aliphatic heterocycles. The number of nitrogens with zero attached hydrogens (tertiary/aromatic N) is 2. The molecule has 6 heteroatoms. The van der Waals surface area contributed by atoms with Crippen molar-refractivity contribution in [2.24, 2.45) is 5.92 Å². The minimum absolute atomic E-state index is 0.317. The van der Waals surface area contributed by atoms with Crippen molar-refractivity contribution < 1.29 is 4.52 Å². The van der Waals surface area contributed by atoms with Crippen LogP contribution in [0, 0.1) is 5.92 Å². The predicted molar refractivity (Wildman–Crippen MR) is 85.0 cm³/mol. The van der Waals surface area contributed by atoms with Gasteiger partial charge in [0.15, 0.2) is 5.82 Å². The zero-order valence-corrected chi connectivity index (χ0v) is 13.9. The van der Waals surface area contributed by atoms with Crippen molar-refractivity contribution in [2.45, 2.75) is 32.7 Å². The molecule has 21 heavy (non-hydrogen) atoms. The molecule has 0 aliphatic rings. The van der Waals surface area contributed by atoms with Gasteiger partial charge >= 0.3 is 0 Å². The van der Waals surface area contributed by atoms with Gasteiger partial charge in [-0.2, -0.15) is 4.98 Å². The molecule has 4 nitrogen and oxygen atoms in total. The van der Waals surface area contributed by atoms with Crippen molar-refractivity contribution in [2.75, 3.05) is 7.05 Å². The van der Waals surface area contributed by atoms with E-state index in [9.17, 15) is 0 Å². The molecule has 0 fully saturated rings. The molecule has 0 saturated heterocycles. The molecule has 2 rings (SSSR count). The lowest BCUT2D eigenvalue weighted by Crippen LogP contribution is -2.32. The first-order chi connectivity index (χ1) is 9.99. The molecule has 0 aliphatic carbocycles. The summed E-state index contributed by atoms with van der Waals surface area (Å²) in [6.45, 7) is 4.32. The van der Waals surface area contributed by atoms with Crippen molar-refractivity contribution in [3.63, 3.8) is 0 Å². The van der Waals surface area contributed by atoms with Crippen LogP contribution in [-0.2, 0) is 12.8 Å². The summed E-state index contributed by atoms with van der Waals surface area (Å²) >= 11 is 12.0. The molecule has 0 saturated carbocycles. The predicted octanol–water partition coefficient (Wildman–Crippen LogP) is 3.75. The zero-order valence-electron chi connectivity index (χ0n) is 12.4. The highest BCUT2D eigenvalue weighted by Gasteiger charge is 2.16. The molecular weight excluding hydrogens is 309 g/mol. The van der Waals surface area contributed by atoms with E-state index in [0.717, 1.165) is 12.0 Å². The molecule has 0 spiro atoms. The number of halogens is 2. The number of likely N-dealkylation sites (N-methyl/N-ethyl adjacent to an activating group) is 1. The van der Waals surface area contributed by atoms with E-state index in [2.05, 4.69) is 29.3 Å². The van der Waals surface area contributed by atoms with Gasteiger partial charge in [-0.3, -0.25) is 0 Å². The van der Waals surface area contributed by atoms with E-state index in [1.54, 1.807) is 12.1 Å². The Hall–Kier alpha value is -1.10. The second kappa shape index (κ2) is 7.25. The number of hydrogen-bond acceptors (Lipinski definition) is 4. The van der Waals surface area contributed by atoms with Crippen molar-refractivity contribution in [3.05, 3.63) is 45.5 Å². The normalized spacial score (nSPS) is 12.9. The number of aromatic nitrogens is 2. The summed E-state index contributed by atoms with van der Waals surface area (Å²) in [6, 6.07) is 5.72. The second-order valence-corrected chi connectivity index (χ2v) is 6.20. The molecule has 1 heterocycles. The van der Waals surface area contributed by atoms with E-state index >= 15 is 0 Å². The van der Waals surface area contributed by atoms with Gasteiger partial charge in [-0.25, -0.2) is 0 Å². The fourth-order valence-electron chi connectivity index (χ4n) is 2.14. The largest absolute Gasteiger partial charge is 0.339 e. The van der Waals surface area contributed by atoms with E-state index in [1.165, 1.54) is 0 Å². The Balaban J connectivity index is 2.06. The van der Waals surface area contributed by atoms with Crippen LogP contribution in [0.3, 0.4) is 0 Å². The van der Waals surface area contributed by atoms with Gasteiger partial charge in [0.25, 0.3) is 0 Å². The molecule has 0 radical (unpaired) electrons. The summed E-state index contributed by atoms with van der Waals surface area (Å²) in [7, 11) is 1.94. The molecule has 1 N–H and O–H groups in total. The van der Waals surface area contributed by atoms with Gasteiger partial charge in [0, 0.05) is 28.9 Å². The highest BCUT2D eigenvalue weighted by atomic mass is 35.5. The molecule has 1 atom stereocenters. The van der Waals surface area contributed by atoms with Gasteiger partial charge in [-0.15, -0.1) is 0 Å². The van der Waals surface area contributed by atoms with Gasteiger partial charge in [-0.05, 0) is 30.7 Å². The van der Waals surface area contributed by atoms with Crippen LogP contribution in [0.1, 0.15) is 31.1 Å². The maximum atomic E-state index is 6.15. The quantitative estimate of drug-likeness (QED) is 0.877. The third kappa shape index (κ3) is 4.43. The lowest BCUT2D eigenvalue weighted by Gasteiger charge is -2.17. The van der Waals surface area contributed by atoms with Crippen LogP contribution in [-0.4, -0.2) is 23.2 Å². The number of hydrogen-bond donors (Lipinski definition) is 1. The highest BCUT2D eigenvalue weighted by molar-refractivity contribution is 6.35. The standard InChI is InChI=1S/C15H19Cl2N3O/c1-9(2)13(18-3)8-15-19-14(20-21-15)6-10-4-5-11(16)7-12(10)17/h4-5,7,9,13,18H,6,8H2,1-3H3. The van der Waals surface area contributed by atoms with Crippen LogP contribution >= 0.6 is 23.2 Å². The molecular formula is C15H19Cl2N3O. The summed E-state index contributed by atoms with van der Waals surface area (Å²) in [6.07, 6.45) is 1.25. The van der Waals surface area contributed by atoms with E-state index < -0.39 is 0 Å². The van der Waals surface area contributed by atoms with E-state index in [1.807, 2.05) is 13.1 Å². The minimum atomic E-state index is 0.317. The Kier molecular flexibility index (Phi) is 5.62. The maximum absolute atomic E-state index is 6.15. The Morgan fingerprint density at radius 1 is 1.29 bits per heavy atom. The van der Waals surface area contributed by atoms with E-state index in [0.29, 0.717) is 40.1 Å². The zero-order chi connectivity index (χ0) is 15.4. The number of nitrogens with one attached hydrogen (secondary N) is 1. The Labute approximate surface area is 134 Å². The third-order valence-electron chi connectivity index (χ3n) is 3.44. The van der Waals surface area contributed by atoms with Crippen LogP contribution in [0.4, 0.5) is 0 Å². The molecule has 1 aromatic heterocycles. The monoisotopic (exact) mass is 327 g/mol. The molecule has 0 bridgehead atoms. The number of benzene rings is 1. The lowest BCUT2D eigenvalue weighted by atomic mass is 10.0. The Morgan fingerprint density at radius 3 is 2.67 bits per heavy atom. The van der Waals surface area contributed by atoms with Crippen LogP contribution in [0.25, 0.3) is 0 Å². The summed E-state index contributed by atoms with van der Waals surface area (Å²) in [5.74, 6) is 1.77. The average molecular weight is 328 g/mol. The van der Waals surface area contributed by atoms with Gasteiger partial charge in [0.2, 0.25) is 5.89 Å². The van der Waals surface area contributed by atoms with E-state index in [-0.39, 0.29) is 0 Å². The fraction of sp³-hybridized carbons (Fsp3) is 0.467. The summed E-state index contributed by atoms with van der Waals surface area (Å²) in [5.41, 5.74) is 0.933. The van der Waals surface area contributed by atoms with Gasteiger partial charge in [0.1, 0.15) is 0 Å². The topological polar surface area (TPSA) is 51.0 Å². The van der Waals surface area contributed by atoms with Crippen molar-refractivity contribution in [1.82, 2.24) is 15.5 Å². The smallest absolute Gasteiger partial charge is 0.228 e. The van der Waals surface area contributed by atoms with Crippen molar-refractivity contribution in [1.29, 1.82) is 0 Å². The lowest BCUT2D eigenvalue weighted by molar-refractivity contribution is 0.333. The first-order valence-corrected chi connectivity index (χ1v) is 7.68. The highest BCUT2D eigenvalue weighted by Crippen LogP contribution is 2.22. The van der Waals surface area contributed by atoms with Crippen LogP contribution < -0.4 is 5.32 Å². The van der Waals surface area contributed by atoms with Crippen LogP contribution in [0.2, 0.25) is 10.0 Å². The Bertz CT molecular complexity index is 598. The van der Waals surface area contributed by atoms with Gasteiger partial charge in [0.05, 0.1) is 0 Å². The molecule has 1 unspecified atom stereocenters. The summed E-state index contributed by atoms with van der Waals surface area (Å²) in [4.78, 5) is 4.43. The van der Waals surface area contributed by atoms with E-state index in [4.69, 9.17) is 27.7 Å². The summed E-state index contributed by atoms with van der Waals surface area (Å²) in [5, 5.41) is 8.51. The SMILES string of the molecule is CNC(Cc1nc(Cc2ccc(Cl)cc2Cl)no1)C(C)C. The maximum Gasteiger partial charge on any atom is 0.228 e.